The summed E-state index contributed by atoms with van der Waals surface area (Å²) >= 11 is 0. The minimum absolute atomic E-state index is 1.05. The van der Waals surface area contributed by atoms with Crippen LogP contribution in [0.25, 0.3) is 0 Å². The fourth-order valence-electron chi connectivity index (χ4n) is 1.03. The molecule has 0 spiro atoms. The molecule has 0 aliphatic carbocycles. The van der Waals surface area contributed by atoms with Gasteiger partial charge in [-0.2, -0.15) is 0 Å². The van der Waals surface area contributed by atoms with Crippen molar-refractivity contribution in [3.63, 3.8) is 0 Å². The van der Waals surface area contributed by atoms with Crippen molar-refractivity contribution >= 4 is 0 Å². The van der Waals surface area contributed by atoms with Crippen LogP contribution in [0, 0.1) is 0 Å². The fourth-order valence-corrected chi connectivity index (χ4v) is 1.03. The third-order valence-corrected chi connectivity index (χ3v) is 1.51. The second kappa shape index (κ2) is 1.65. The van der Waals surface area contributed by atoms with Crippen LogP contribution in [-0.4, -0.2) is 4.90 Å². The van der Waals surface area contributed by atoms with Crippen molar-refractivity contribution in [3.8, 4) is 0 Å². The average Bonchev–Trinajstić information content (AvgIpc) is 2.33. The quantitative estimate of drug-likeness (QED) is 0.515. The monoisotopic (exact) mass is 120 g/mol. The van der Waals surface area contributed by atoms with Crippen molar-refractivity contribution in [2.24, 2.45) is 0 Å². The highest BCUT2D eigenvalue weighted by Crippen LogP contribution is 2.18. The van der Waals surface area contributed by atoms with Gasteiger partial charge in [0.1, 0.15) is 0 Å². The van der Waals surface area contributed by atoms with E-state index < -0.39 is 0 Å². The average molecular weight is 120 g/mol. The summed E-state index contributed by atoms with van der Waals surface area (Å²) in [6.07, 6.45) is 11.2. The molecular formula is C7H8N2. The number of nitrogens with zero attached hydrogens (tertiary/aromatic N) is 1. The molecule has 0 aromatic rings. The topological polar surface area (TPSA) is 15.3 Å². The molecule has 2 aliphatic rings. The molecule has 0 saturated carbocycles. The van der Waals surface area contributed by atoms with E-state index in [1.165, 1.54) is 5.70 Å². The van der Waals surface area contributed by atoms with Crippen molar-refractivity contribution in [1.29, 1.82) is 0 Å². The van der Waals surface area contributed by atoms with Crippen molar-refractivity contribution < 1.29 is 0 Å². The van der Waals surface area contributed by atoms with Gasteiger partial charge >= 0.3 is 0 Å². The van der Waals surface area contributed by atoms with Gasteiger partial charge in [-0.15, -0.1) is 0 Å². The van der Waals surface area contributed by atoms with E-state index in [-0.39, 0.29) is 0 Å². The van der Waals surface area contributed by atoms with Crippen LogP contribution in [0.1, 0.15) is 6.42 Å². The van der Waals surface area contributed by atoms with Crippen molar-refractivity contribution in [2.75, 3.05) is 0 Å². The Morgan fingerprint density at radius 1 is 1.44 bits per heavy atom. The Morgan fingerprint density at radius 3 is 3.33 bits per heavy atom. The second-order valence-corrected chi connectivity index (χ2v) is 2.11. The van der Waals surface area contributed by atoms with Crippen LogP contribution in [0.5, 0.6) is 0 Å². The molecule has 0 saturated heterocycles. The first-order chi connectivity index (χ1) is 4.47. The van der Waals surface area contributed by atoms with Crippen LogP contribution in [0.15, 0.2) is 36.6 Å². The lowest BCUT2D eigenvalue weighted by molar-refractivity contribution is 0.620. The van der Waals surface area contributed by atoms with Crippen molar-refractivity contribution in [1.82, 2.24) is 10.2 Å². The highest BCUT2D eigenvalue weighted by atomic mass is 15.1. The number of rotatable bonds is 0. The first kappa shape index (κ1) is 4.68. The summed E-state index contributed by atoms with van der Waals surface area (Å²) < 4.78 is 0. The molecule has 0 unspecified atom stereocenters. The highest BCUT2D eigenvalue weighted by molar-refractivity contribution is 5.22. The zero-order chi connectivity index (χ0) is 6.10. The highest BCUT2D eigenvalue weighted by Gasteiger charge is 2.09. The van der Waals surface area contributed by atoms with Crippen LogP contribution in [0.4, 0.5) is 0 Å². The largest absolute Gasteiger partial charge is 0.365 e. The molecule has 1 N–H and O–H groups in total. The predicted octanol–water partition coefficient (Wildman–Crippen LogP) is 1.12. The summed E-state index contributed by atoms with van der Waals surface area (Å²) in [5.41, 5.74) is 1.32. The molecule has 2 aliphatic heterocycles. The van der Waals surface area contributed by atoms with Gasteiger partial charge in [-0.1, -0.05) is 6.08 Å². The molecular weight excluding hydrogens is 112 g/mol. The van der Waals surface area contributed by atoms with Gasteiger partial charge in [0.2, 0.25) is 0 Å². The number of hydrogen-bond donors (Lipinski definition) is 1. The van der Waals surface area contributed by atoms with E-state index in [0.717, 1.165) is 6.42 Å². The van der Waals surface area contributed by atoms with E-state index in [4.69, 9.17) is 0 Å². The molecule has 2 heterocycles. The van der Waals surface area contributed by atoms with E-state index >= 15 is 0 Å². The molecule has 0 radical (unpaired) electrons. The first-order valence-corrected chi connectivity index (χ1v) is 3.03. The van der Waals surface area contributed by atoms with Crippen LogP contribution in [-0.2, 0) is 0 Å². The van der Waals surface area contributed by atoms with Gasteiger partial charge in [0.05, 0.1) is 0 Å². The maximum absolute atomic E-state index is 3.03. The van der Waals surface area contributed by atoms with Crippen LogP contribution < -0.4 is 5.32 Å². The van der Waals surface area contributed by atoms with Gasteiger partial charge in [0.15, 0.2) is 0 Å². The van der Waals surface area contributed by atoms with Gasteiger partial charge in [-0.3, -0.25) is 0 Å². The third kappa shape index (κ3) is 0.633. The lowest BCUT2D eigenvalue weighted by Gasteiger charge is -2.16. The lowest BCUT2D eigenvalue weighted by Crippen LogP contribution is -2.13. The summed E-state index contributed by atoms with van der Waals surface area (Å²) in [5, 5.41) is 3.03. The van der Waals surface area contributed by atoms with E-state index in [2.05, 4.69) is 22.5 Å². The Balaban J connectivity index is 2.29. The Kier molecular flexibility index (Phi) is 0.859. The van der Waals surface area contributed by atoms with E-state index in [9.17, 15) is 0 Å². The Morgan fingerprint density at radius 2 is 2.44 bits per heavy atom. The van der Waals surface area contributed by atoms with Gasteiger partial charge in [-0.25, -0.2) is 0 Å². The van der Waals surface area contributed by atoms with Crippen LogP contribution in [0.2, 0.25) is 0 Å². The number of nitrogens with one attached hydrogen (secondary N) is 1. The van der Waals surface area contributed by atoms with Crippen LogP contribution >= 0.6 is 0 Å². The number of allylic oxidation sites excluding steroid dienone is 1. The van der Waals surface area contributed by atoms with Gasteiger partial charge in [0, 0.05) is 36.9 Å². The maximum atomic E-state index is 3.03. The minimum atomic E-state index is 1.05. The molecule has 0 atom stereocenters. The SMILES string of the molecule is C1=CN2C=CNC=C2C1. The second-order valence-electron chi connectivity index (χ2n) is 2.11. The Hall–Kier alpha value is -1.18. The minimum Gasteiger partial charge on any atom is -0.365 e. The van der Waals surface area contributed by atoms with Crippen molar-refractivity contribution in [2.45, 2.75) is 6.42 Å². The normalized spacial score (nSPS) is 21.3. The predicted molar refractivity (Wildman–Crippen MR) is 36.0 cm³/mol. The molecule has 0 fully saturated rings. The summed E-state index contributed by atoms with van der Waals surface area (Å²) in [5.74, 6) is 0. The third-order valence-electron chi connectivity index (χ3n) is 1.51. The maximum Gasteiger partial charge on any atom is 0.0418 e. The Labute approximate surface area is 54.2 Å². The lowest BCUT2D eigenvalue weighted by atomic mass is 10.3. The molecule has 2 heteroatoms. The summed E-state index contributed by atoms with van der Waals surface area (Å²) in [6, 6.07) is 0. The molecule has 2 nitrogen and oxygen atoms in total. The van der Waals surface area contributed by atoms with E-state index in [1.54, 1.807) is 0 Å². The molecule has 0 amide bonds. The molecule has 2 rings (SSSR count). The standard InChI is InChI=1S/C7H8N2/c1-2-7-6-8-3-5-9(7)4-1/h1,3-6,8H,2H2. The molecule has 0 aromatic carbocycles. The smallest absolute Gasteiger partial charge is 0.0418 e. The molecule has 46 valence electrons. The summed E-state index contributed by atoms with van der Waals surface area (Å²) in [4.78, 5) is 2.11. The zero-order valence-electron chi connectivity index (χ0n) is 5.04. The van der Waals surface area contributed by atoms with E-state index in [1.807, 2.05) is 18.6 Å². The summed E-state index contributed by atoms with van der Waals surface area (Å²) in [7, 11) is 0. The molecule has 0 bridgehead atoms. The van der Waals surface area contributed by atoms with Gasteiger partial charge in [-0.05, 0) is 0 Å². The zero-order valence-corrected chi connectivity index (χ0v) is 5.04. The van der Waals surface area contributed by atoms with Gasteiger partial charge < -0.3 is 10.2 Å². The molecule has 0 aromatic heterocycles. The van der Waals surface area contributed by atoms with Crippen LogP contribution in [0.3, 0.4) is 0 Å². The summed E-state index contributed by atoms with van der Waals surface area (Å²) in [6.45, 7) is 0. The number of fused-ring (bicyclic) bond motifs is 1. The van der Waals surface area contributed by atoms with E-state index in [0.29, 0.717) is 0 Å². The first-order valence-electron chi connectivity index (χ1n) is 3.03. The fraction of sp³-hybridized carbons (Fsp3) is 0.143. The van der Waals surface area contributed by atoms with Crippen molar-refractivity contribution in [3.05, 3.63) is 36.6 Å². The van der Waals surface area contributed by atoms with Gasteiger partial charge in [0.25, 0.3) is 0 Å². The number of hydrogen-bond acceptors (Lipinski definition) is 2. The Bertz CT molecular complexity index is 201. The molecule has 9 heavy (non-hydrogen) atoms.